The standard InChI is InChI=1S/C18H9ClF3NO3S2/c19-12-7-14-13(25-8-26-14)4-9(12)5-15-16(24)23(17(27)28-15)11-3-1-2-10(6-11)18(20,21)22/h1-7H,8H2/b15-5+. The highest BCUT2D eigenvalue weighted by Gasteiger charge is 2.36. The van der Waals surface area contributed by atoms with Crippen LogP contribution < -0.4 is 14.4 Å². The van der Waals surface area contributed by atoms with Crippen molar-refractivity contribution in [3.63, 3.8) is 0 Å². The number of anilines is 1. The number of hydrogen-bond donors (Lipinski definition) is 0. The number of carbonyl (C=O) groups excluding carboxylic acids is 1. The van der Waals surface area contributed by atoms with Crippen LogP contribution in [0.2, 0.25) is 5.02 Å². The Kier molecular flexibility index (Phi) is 4.76. The lowest BCUT2D eigenvalue weighted by atomic mass is 10.1. The van der Waals surface area contributed by atoms with Crippen LogP contribution in [0.5, 0.6) is 11.5 Å². The molecule has 10 heteroatoms. The first-order valence-electron chi connectivity index (χ1n) is 7.78. The first-order valence-corrected chi connectivity index (χ1v) is 9.38. The van der Waals surface area contributed by atoms with Crippen molar-refractivity contribution in [1.82, 2.24) is 0 Å². The normalized spacial score (nSPS) is 17.7. The number of thiocarbonyl (C=S) groups is 1. The molecule has 0 unspecified atom stereocenters. The second-order valence-electron chi connectivity index (χ2n) is 5.79. The number of alkyl halides is 3. The zero-order valence-electron chi connectivity index (χ0n) is 13.7. The number of benzene rings is 2. The summed E-state index contributed by atoms with van der Waals surface area (Å²) in [6.45, 7) is 0.0762. The van der Waals surface area contributed by atoms with Crippen molar-refractivity contribution in [2.75, 3.05) is 11.7 Å². The molecule has 144 valence electrons. The molecule has 0 saturated carbocycles. The largest absolute Gasteiger partial charge is 0.454 e. The molecule has 0 atom stereocenters. The average Bonchev–Trinajstić information content (AvgIpc) is 3.18. The topological polar surface area (TPSA) is 38.8 Å². The molecule has 0 bridgehead atoms. The van der Waals surface area contributed by atoms with Gasteiger partial charge in [0, 0.05) is 6.07 Å². The Balaban J connectivity index is 1.68. The van der Waals surface area contributed by atoms with E-state index in [9.17, 15) is 18.0 Å². The highest BCUT2D eigenvalue weighted by molar-refractivity contribution is 8.27. The number of fused-ring (bicyclic) bond motifs is 1. The summed E-state index contributed by atoms with van der Waals surface area (Å²) >= 11 is 12.4. The summed E-state index contributed by atoms with van der Waals surface area (Å²) in [6, 6.07) is 7.65. The third-order valence-electron chi connectivity index (χ3n) is 4.00. The number of thioether (sulfide) groups is 1. The summed E-state index contributed by atoms with van der Waals surface area (Å²) in [4.78, 5) is 14.1. The van der Waals surface area contributed by atoms with Gasteiger partial charge >= 0.3 is 6.18 Å². The van der Waals surface area contributed by atoms with E-state index in [0.717, 1.165) is 28.8 Å². The molecule has 0 spiro atoms. The Morgan fingerprint density at radius 2 is 1.89 bits per heavy atom. The van der Waals surface area contributed by atoms with Crippen LogP contribution in [0.15, 0.2) is 41.3 Å². The van der Waals surface area contributed by atoms with E-state index in [1.54, 1.807) is 12.1 Å². The molecular weight excluding hydrogens is 435 g/mol. The summed E-state index contributed by atoms with van der Waals surface area (Å²) in [6.07, 6.45) is -3.00. The van der Waals surface area contributed by atoms with Crippen LogP contribution in [0.4, 0.5) is 18.9 Å². The van der Waals surface area contributed by atoms with Crippen molar-refractivity contribution in [3.05, 3.63) is 57.5 Å². The molecule has 2 aromatic rings. The molecule has 0 radical (unpaired) electrons. The van der Waals surface area contributed by atoms with Crippen molar-refractivity contribution in [2.45, 2.75) is 6.18 Å². The maximum Gasteiger partial charge on any atom is 0.416 e. The van der Waals surface area contributed by atoms with Gasteiger partial charge in [-0.25, -0.2) is 0 Å². The fourth-order valence-corrected chi connectivity index (χ4v) is 4.19. The van der Waals surface area contributed by atoms with E-state index in [4.69, 9.17) is 33.3 Å². The van der Waals surface area contributed by atoms with Gasteiger partial charge in [0.25, 0.3) is 5.91 Å². The molecule has 2 aliphatic rings. The summed E-state index contributed by atoms with van der Waals surface area (Å²) in [5, 5.41) is 0.341. The summed E-state index contributed by atoms with van der Waals surface area (Å²) in [5.74, 6) is 0.464. The van der Waals surface area contributed by atoms with Gasteiger partial charge in [-0.2, -0.15) is 13.2 Å². The number of nitrogens with zero attached hydrogens (tertiary/aromatic N) is 1. The Morgan fingerprint density at radius 3 is 2.61 bits per heavy atom. The van der Waals surface area contributed by atoms with Crippen molar-refractivity contribution in [3.8, 4) is 11.5 Å². The lowest BCUT2D eigenvalue weighted by molar-refractivity contribution is -0.137. The van der Waals surface area contributed by atoms with Gasteiger partial charge in [0.2, 0.25) is 6.79 Å². The molecule has 4 rings (SSSR count). The first-order chi connectivity index (χ1) is 13.2. The molecule has 0 aromatic heterocycles. The molecule has 0 N–H and O–H groups in total. The van der Waals surface area contributed by atoms with E-state index in [0.29, 0.717) is 22.1 Å². The molecular formula is C18H9ClF3NO3S2. The van der Waals surface area contributed by atoms with E-state index >= 15 is 0 Å². The lowest BCUT2D eigenvalue weighted by Crippen LogP contribution is -2.27. The molecule has 1 fully saturated rings. The zero-order valence-corrected chi connectivity index (χ0v) is 16.1. The molecule has 2 aliphatic heterocycles. The molecule has 2 heterocycles. The second kappa shape index (κ2) is 6.98. The van der Waals surface area contributed by atoms with E-state index in [1.807, 2.05) is 0 Å². The summed E-state index contributed by atoms with van der Waals surface area (Å²) < 4.78 is 49.6. The van der Waals surface area contributed by atoms with Gasteiger partial charge in [-0.3, -0.25) is 9.69 Å². The number of carbonyl (C=O) groups is 1. The van der Waals surface area contributed by atoms with Gasteiger partial charge in [-0.1, -0.05) is 41.6 Å². The van der Waals surface area contributed by atoms with E-state index in [1.165, 1.54) is 18.2 Å². The van der Waals surface area contributed by atoms with Crippen LogP contribution in [-0.4, -0.2) is 17.0 Å². The maximum atomic E-state index is 13.0. The minimum absolute atomic E-state index is 0.0532. The Bertz CT molecular complexity index is 1040. The van der Waals surface area contributed by atoms with E-state index in [2.05, 4.69) is 0 Å². The number of amides is 1. The molecule has 2 aromatic carbocycles. The van der Waals surface area contributed by atoms with Gasteiger partial charge in [-0.15, -0.1) is 0 Å². The number of hydrogen-bond acceptors (Lipinski definition) is 5. The Hall–Kier alpha value is -2.23. The average molecular weight is 444 g/mol. The Labute approximate surface area is 171 Å². The van der Waals surface area contributed by atoms with E-state index < -0.39 is 17.6 Å². The lowest BCUT2D eigenvalue weighted by Gasteiger charge is -2.16. The van der Waals surface area contributed by atoms with Crippen LogP contribution >= 0.6 is 35.6 Å². The van der Waals surface area contributed by atoms with Crippen LogP contribution in [0, 0.1) is 0 Å². The van der Waals surface area contributed by atoms with E-state index in [-0.39, 0.29) is 21.7 Å². The predicted octanol–water partition coefficient (Wildman–Crippen LogP) is 5.49. The summed E-state index contributed by atoms with van der Waals surface area (Å²) in [7, 11) is 0. The quantitative estimate of drug-likeness (QED) is 0.453. The van der Waals surface area contributed by atoms with Crippen molar-refractivity contribution in [1.29, 1.82) is 0 Å². The fraction of sp³-hybridized carbons (Fsp3) is 0.111. The second-order valence-corrected chi connectivity index (χ2v) is 7.88. The SMILES string of the molecule is O=C1/C(=C\c2cc3c(cc2Cl)OCO3)SC(=S)N1c1cccc(C(F)(F)F)c1. The molecule has 1 amide bonds. The smallest absolute Gasteiger partial charge is 0.416 e. The maximum absolute atomic E-state index is 13.0. The minimum atomic E-state index is -4.52. The number of ether oxygens (including phenoxy) is 2. The van der Waals surface area contributed by atoms with Crippen LogP contribution in [0.1, 0.15) is 11.1 Å². The minimum Gasteiger partial charge on any atom is -0.454 e. The van der Waals surface area contributed by atoms with Crippen LogP contribution in [-0.2, 0) is 11.0 Å². The number of rotatable bonds is 2. The van der Waals surface area contributed by atoms with Crippen LogP contribution in [0.3, 0.4) is 0 Å². The van der Waals surface area contributed by atoms with Gasteiger partial charge in [0.05, 0.1) is 21.2 Å². The van der Waals surface area contributed by atoms with Crippen molar-refractivity contribution in [2.24, 2.45) is 0 Å². The molecule has 1 saturated heterocycles. The summed E-state index contributed by atoms with van der Waals surface area (Å²) in [5.41, 5.74) is -0.296. The molecule has 28 heavy (non-hydrogen) atoms. The Morgan fingerprint density at radius 1 is 1.18 bits per heavy atom. The highest BCUT2D eigenvalue weighted by atomic mass is 35.5. The van der Waals surface area contributed by atoms with Crippen molar-refractivity contribution >= 4 is 57.6 Å². The van der Waals surface area contributed by atoms with Gasteiger partial charge in [0.1, 0.15) is 0 Å². The monoisotopic (exact) mass is 443 g/mol. The van der Waals surface area contributed by atoms with Crippen molar-refractivity contribution < 1.29 is 27.4 Å². The fourth-order valence-electron chi connectivity index (χ4n) is 2.70. The highest BCUT2D eigenvalue weighted by Crippen LogP contribution is 2.41. The zero-order chi connectivity index (χ0) is 20.1. The molecule has 0 aliphatic carbocycles. The third-order valence-corrected chi connectivity index (χ3v) is 5.63. The molecule has 4 nitrogen and oxygen atoms in total. The first kappa shape index (κ1) is 19.1. The predicted molar refractivity (Wildman–Crippen MR) is 105 cm³/mol. The van der Waals surface area contributed by atoms with Crippen LogP contribution in [0.25, 0.3) is 6.08 Å². The van der Waals surface area contributed by atoms with Gasteiger partial charge in [0.15, 0.2) is 15.8 Å². The number of halogens is 4. The third kappa shape index (κ3) is 3.45. The van der Waals surface area contributed by atoms with Gasteiger partial charge in [-0.05, 0) is 35.9 Å². The van der Waals surface area contributed by atoms with Gasteiger partial charge < -0.3 is 9.47 Å².